The fourth-order valence-corrected chi connectivity index (χ4v) is 7.58. The summed E-state index contributed by atoms with van der Waals surface area (Å²) in [7, 11) is 0. The third-order valence-corrected chi connectivity index (χ3v) is 9.81. The lowest BCUT2D eigenvalue weighted by molar-refractivity contribution is 0.669. The number of hydrogen-bond donors (Lipinski definition) is 0. The predicted molar refractivity (Wildman–Crippen MR) is 204 cm³/mol. The molecule has 0 aliphatic carbocycles. The first kappa shape index (κ1) is 26.8. The van der Waals surface area contributed by atoms with Crippen LogP contribution in [-0.2, 0) is 0 Å². The highest BCUT2D eigenvalue weighted by atomic mass is 16.3. The van der Waals surface area contributed by atoms with Crippen molar-refractivity contribution in [1.29, 1.82) is 0 Å². The minimum atomic E-state index is 0.876. The average Bonchev–Trinajstić information content (AvgIpc) is 3.54. The van der Waals surface area contributed by atoms with Gasteiger partial charge in [-0.05, 0) is 91.3 Å². The van der Waals surface area contributed by atoms with Crippen molar-refractivity contribution in [3.63, 3.8) is 0 Å². The van der Waals surface area contributed by atoms with E-state index in [1.165, 1.54) is 54.2 Å². The molecule has 0 spiro atoms. The number of para-hydroxylation sites is 1. The normalized spacial score (nSPS) is 11.8. The summed E-state index contributed by atoms with van der Waals surface area (Å²) < 4.78 is 6.41. The molecular weight excluding hydrogens is 583 g/mol. The van der Waals surface area contributed by atoms with Gasteiger partial charge in [0.2, 0.25) is 0 Å². The number of fused-ring (bicyclic) bond motifs is 9. The van der Waals surface area contributed by atoms with Gasteiger partial charge in [-0.3, -0.25) is 0 Å². The van der Waals surface area contributed by atoms with Gasteiger partial charge in [-0.15, -0.1) is 0 Å². The van der Waals surface area contributed by atoms with E-state index in [0.29, 0.717) is 0 Å². The first-order valence-electron chi connectivity index (χ1n) is 16.4. The lowest BCUT2D eigenvalue weighted by Crippen LogP contribution is -2.11. The van der Waals surface area contributed by atoms with Gasteiger partial charge in [0.25, 0.3) is 0 Å². The minimum Gasteiger partial charge on any atom is -0.456 e. The van der Waals surface area contributed by atoms with Crippen molar-refractivity contribution >= 4 is 82.1 Å². The van der Waals surface area contributed by atoms with Crippen LogP contribution in [0.3, 0.4) is 0 Å². The van der Waals surface area contributed by atoms with E-state index in [1.807, 2.05) is 6.07 Å². The van der Waals surface area contributed by atoms with E-state index >= 15 is 0 Å². The van der Waals surface area contributed by atoms with Crippen molar-refractivity contribution in [3.8, 4) is 11.1 Å². The summed E-state index contributed by atoms with van der Waals surface area (Å²) >= 11 is 0. The molecule has 1 aromatic heterocycles. The molecular formula is C46H29NO. The summed E-state index contributed by atoms with van der Waals surface area (Å²) in [5.41, 5.74) is 7.42. The molecule has 0 saturated heterocycles. The molecule has 0 atom stereocenters. The van der Waals surface area contributed by atoms with Crippen LogP contribution in [0.1, 0.15) is 0 Å². The van der Waals surface area contributed by atoms with Gasteiger partial charge in [0, 0.05) is 16.5 Å². The van der Waals surface area contributed by atoms with Gasteiger partial charge in [0.15, 0.2) is 0 Å². The molecule has 2 heteroatoms. The molecule has 0 unspecified atom stereocenters. The first-order chi connectivity index (χ1) is 23.8. The molecule has 9 aromatic carbocycles. The summed E-state index contributed by atoms with van der Waals surface area (Å²) in [6, 6.07) is 63.4. The van der Waals surface area contributed by atoms with Crippen molar-refractivity contribution < 1.29 is 4.42 Å². The van der Waals surface area contributed by atoms with Crippen LogP contribution in [0, 0.1) is 0 Å². The molecule has 1 heterocycles. The van der Waals surface area contributed by atoms with Gasteiger partial charge in [-0.1, -0.05) is 133 Å². The van der Waals surface area contributed by atoms with Crippen LogP contribution in [0.4, 0.5) is 17.1 Å². The zero-order valence-electron chi connectivity index (χ0n) is 26.1. The summed E-state index contributed by atoms with van der Waals surface area (Å²) in [6.07, 6.45) is 0. The number of hydrogen-bond acceptors (Lipinski definition) is 2. The highest BCUT2D eigenvalue weighted by molar-refractivity contribution is 6.21. The van der Waals surface area contributed by atoms with E-state index < -0.39 is 0 Å². The quantitative estimate of drug-likeness (QED) is 0.184. The maximum absolute atomic E-state index is 6.41. The third-order valence-electron chi connectivity index (χ3n) is 9.81. The lowest BCUT2D eigenvalue weighted by atomic mass is 9.95. The number of furan rings is 1. The molecule has 10 aromatic rings. The fraction of sp³-hybridized carbons (Fsp3) is 0. The van der Waals surface area contributed by atoms with Crippen LogP contribution in [0.5, 0.6) is 0 Å². The number of benzene rings is 9. The number of anilines is 3. The zero-order valence-corrected chi connectivity index (χ0v) is 26.1. The van der Waals surface area contributed by atoms with Crippen LogP contribution in [0.15, 0.2) is 180 Å². The van der Waals surface area contributed by atoms with Gasteiger partial charge >= 0.3 is 0 Å². The Hall–Kier alpha value is -6.38. The van der Waals surface area contributed by atoms with E-state index in [2.05, 4.69) is 175 Å². The highest BCUT2D eigenvalue weighted by Crippen LogP contribution is 2.46. The molecule has 0 amide bonds. The van der Waals surface area contributed by atoms with Crippen LogP contribution in [-0.4, -0.2) is 0 Å². The van der Waals surface area contributed by atoms with E-state index in [4.69, 9.17) is 4.42 Å². The number of rotatable bonds is 4. The molecule has 48 heavy (non-hydrogen) atoms. The zero-order chi connectivity index (χ0) is 31.6. The Morgan fingerprint density at radius 2 is 0.938 bits per heavy atom. The second-order valence-electron chi connectivity index (χ2n) is 12.5. The van der Waals surface area contributed by atoms with Gasteiger partial charge < -0.3 is 9.32 Å². The van der Waals surface area contributed by atoms with Gasteiger partial charge in [-0.25, -0.2) is 0 Å². The van der Waals surface area contributed by atoms with Gasteiger partial charge in [-0.2, -0.15) is 0 Å². The SMILES string of the molecule is c1cc(-c2ccc3ccccc3c2)cc(N(c2cccc3c2ccc2c4ccccc4ccc32)c2cccc3oc4ccccc4c23)c1. The summed E-state index contributed by atoms with van der Waals surface area (Å²) in [6.45, 7) is 0. The Balaban J connectivity index is 1.26. The molecule has 10 rings (SSSR count). The Morgan fingerprint density at radius 1 is 0.333 bits per heavy atom. The van der Waals surface area contributed by atoms with Crippen LogP contribution < -0.4 is 4.90 Å². The Kier molecular flexibility index (Phi) is 5.91. The Bertz CT molecular complexity index is 2860. The summed E-state index contributed by atoms with van der Waals surface area (Å²) in [5, 5.41) is 12.2. The van der Waals surface area contributed by atoms with Crippen LogP contribution in [0.2, 0.25) is 0 Å². The second kappa shape index (κ2) is 10.6. The summed E-state index contributed by atoms with van der Waals surface area (Å²) in [4.78, 5) is 2.42. The standard InChI is InChI=1S/C46H29NO/c1-2-12-32-28-34(23-22-30(32)10-1)33-13-7-14-35(29-33)47(43-19-9-21-45-46(43)41-16-5-6-20-44(41)48-45)42-18-8-17-37-39-25-24-31-11-3-4-15-36(31)38(39)26-27-40(37)42/h1-29H. The Labute approximate surface area is 277 Å². The molecule has 0 aliphatic rings. The van der Waals surface area contributed by atoms with Crippen LogP contribution in [0.25, 0.3) is 76.2 Å². The molecule has 224 valence electrons. The van der Waals surface area contributed by atoms with Gasteiger partial charge in [0.05, 0.1) is 16.8 Å². The first-order valence-corrected chi connectivity index (χ1v) is 16.4. The average molecular weight is 612 g/mol. The number of nitrogens with zero attached hydrogens (tertiary/aromatic N) is 1. The van der Waals surface area contributed by atoms with Gasteiger partial charge in [0.1, 0.15) is 11.2 Å². The largest absolute Gasteiger partial charge is 0.456 e. The lowest BCUT2D eigenvalue weighted by Gasteiger charge is -2.28. The molecule has 0 radical (unpaired) electrons. The molecule has 0 saturated carbocycles. The van der Waals surface area contributed by atoms with E-state index in [0.717, 1.165) is 39.0 Å². The van der Waals surface area contributed by atoms with Crippen molar-refractivity contribution in [2.24, 2.45) is 0 Å². The monoisotopic (exact) mass is 611 g/mol. The second-order valence-corrected chi connectivity index (χ2v) is 12.5. The van der Waals surface area contributed by atoms with E-state index in [9.17, 15) is 0 Å². The van der Waals surface area contributed by atoms with Crippen molar-refractivity contribution in [3.05, 3.63) is 176 Å². The van der Waals surface area contributed by atoms with Crippen molar-refractivity contribution in [1.82, 2.24) is 0 Å². The van der Waals surface area contributed by atoms with Crippen molar-refractivity contribution in [2.75, 3.05) is 4.90 Å². The predicted octanol–water partition coefficient (Wildman–Crippen LogP) is 13.3. The highest BCUT2D eigenvalue weighted by Gasteiger charge is 2.22. The third kappa shape index (κ3) is 4.13. The molecule has 0 N–H and O–H groups in total. The van der Waals surface area contributed by atoms with E-state index in [1.54, 1.807) is 0 Å². The molecule has 0 bridgehead atoms. The van der Waals surface area contributed by atoms with E-state index in [-0.39, 0.29) is 0 Å². The molecule has 0 fully saturated rings. The maximum atomic E-state index is 6.41. The van der Waals surface area contributed by atoms with Crippen molar-refractivity contribution in [2.45, 2.75) is 0 Å². The smallest absolute Gasteiger partial charge is 0.137 e. The molecule has 2 nitrogen and oxygen atoms in total. The fourth-order valence-electron chi connectivity index (χ4n) is 7.58. The Morgan fingerprint density at radius 3 is 1.88 bits per heavy atom. The minimum absolute atomic E-state index is 0.876. The summed E-state index contributed by atoms with van der Waals surface area (Å²) in [5.74, 6) is 0. The topological polar surface area (TPSA) is 16.4 Å². The maximum Gasteiger partial charge on any atom is 0.137 e. The molecule has 0 aliphatic heterocycles. The van der Waals surface area contributed by atoms with Crippen LogP contribution >= 0.6 is 0 Å².